The van der Waals surface area contributed by atoms with Gasteiger partial charge in [0.1, 0.15) is 18.3 Å². The van der Waals surface area contributed by atoms with Crippen molar-refractivity contribution < 1.29 is 0 Å². The van der Waals surface area contributed by atoms with E-state index in [-0.39, 0.29) is 6.17 Å². The fourth-order valence-electron chi connectivity index (χ4n) is 4.51. The zero-order valence-corrected chi connectivity index (χ0v) is 16.7. The number of pyridine rings is 1. The van der Waals surface area contributed by atoms with Crippen LogP contribution < -0.4 is 5.73 Å². The van der Waals surface area contributed by atoms with E-state index in [1.165, 1.54) is 18.4 Å². The lowest BCUT2D eigenvalue weighted by Gasteiger charge is -2.24. The first-order chi connectivity index (χ1) is 14.8. The minimum absolute atomic E-state index is 0.00240. The molecular formula is C25H23N5. The number of benzene rings is 2. The van der Waals surface area contributed by atoms with Crippen LogP contribution >= 0.6 is 0 Å². The topological polar surface area (TPSA) is 66.9 Å². The van der Waals surface area contributed by atoms with E-state index in [1.807, 2.05) is 18.2 Å². The average molecular weight is 393 g/mol. The standard InChI is InChI=1S/C25H23N5/c26-24-23-20(14-30(13-16-6-7-16)25(23)28-15-27-24)19-9-8-18-10-11-21(29-22(18)12-19)17-4-2-1-3-5-17/h1-5,8-12,15-16,25H,6-7,13-14H2,(H2,26,27,28). The lowest BCUT2D eigenvalue weighted by atomic mass is 9.98. The quantitative estimate of drug-likeness (QED) is 0.725. The molecule has 0 saturated heterocycles. The number of fused-ring (bicyclic) bond motifs is 2. The van der Waals surface area contributed by atoms with Crippen LogP contribution in [0.3, 0.4) is 0 Å². The Bertz CT molecular complexity index is 1220. The summed E-state index contributed by atoms with van der Waals surface area (Å²) in [5.74, 6) is 1.39. The predicted molar refractivity (Wildman–Crippen MR) is 122 cm³/mol. The van der Waals surface area contributed by atoms with Crippen molar-refractivity contribution in [1.82, 2.24) is 9.88 Å². The maximum atomic E-state index is 6.33. The van der Waals surface area contributed by atoms with Gasteiger partial charge in [-0.25, -0.2) is 15.0 Å². The summed E-state index contributed by atoms with van der Waals surface area (Å²) >= 11 is 0. The van der Waals surface area contributed by atoms with E-state index in [1.54, 1.807) is 6.34 Å². The van der Waals surface area contributed by atoms with Crippen LogP contribution in [0.1, 0.15) is 18.4 Å². The second-order valence-electron chi connectivity index (χ2n) is 8.39. The Morgan fingerprint density at radius 3 is 2.63 bits per heavy atom. The Labute approximate surface area is 175 Å². The van der Waals surface area contributed by atoms with E-state index in [0.717, 1.165) is 52.3 Å². The number of aliphatic imine (C=N–C) groups is 2. The molecule has 1 saturated carbocycles. The van der Waals surface area contributed by atoms with Crippen molar-refractivity contribution in [3.63, 3.8) is 0 Å². The normalized spacial score (nSPS) is 21.2. The number of nitrogens with zero attached hydrogens (tertiary/aromatic N) is 4. The molecule has 0 bridgehead atoms. The Balaban J connectivity index is 1.42. The van der Waals surface area contributed by atoms with Crippen LogP contribution in [0.4, 0.5) is 0 Å². The van der Waals surface area contributed by atoms with Gasteiger partial charge in [-0.05, 0) is 42.0 Å². The third kappa shape index (κ3) is 3.02. The molecule has 3 heterocycles. The molecule has 1 aliphatic carbocycles. The monoisotopic (exact) mass is 393 g/mol. The van der Waals surface area contributed by atoms with Crippen molar-refractivity contribution in [2.75, 3.05) is 13.1 Å². The third-order valence-corrected chi connectivity index (χ3v) is 6.27. The Morgan fingerprint density at radius 2 is 1.80 bits per heavy atom. The molecule has 2 N–H and O–H groups in total. The summed E-state index contributed by atoms with van der Waals surface area (Å²) in [6, 6.07) is 21.1. The number of rotatable bonds is 4. The number of nitrogens with two attached hydrogens (primary N) is 1. The van der Waals surface area contributed by atoms with E-state index >= 15 is 0 Å². The fraction of sp³-hybridized carbons (Fsp3) is 0.240. The van der Waals surface area contributed by atoms with Gasteiger partial charge in [-0.1, -0.05) is 48.5 Å². The van der Waals surface area contributed by atoms with Crippen molar-refractivity contribution in [3.8, 4) is 11.3 Å². The summed E-state index contributed by atoms with van der Waals surface area (Å²) in [6.45, 7) is 1.93. The van der Waals surface area contributed by atoms with Gasteiger partial charge in [-0.3, -0.25) is 4.90 Å². The smallest absolute Gasteiger partial charge is 0.134 e. The number of aromatic nitrogens is 1. The summed E-state index contributed by atoms with van der Waals surface area (Å²) in [5.41, 5.74) is 12.9. The van der Waals surface area contributed by atoms with Gasteiger partial charge in [-0.2, -0.15) is 0 Å². The van der Waals surface area contributed by atoms with Crippen LogP contribution in [-0.2, 0) is 0 Å². The molecule has 0 amide bonds. The van der Waals surface area contributed by atoms with Crippen LogP contribution in [0.15, 0.2) is 76.2 Å². The summed E-state index contributed by atoms with van der Waals surface area (Å²) in [4.78, 5) is 16.3. The summed E-state index contributed by atoms with van der Waals surface area (Å²) in [6.07, 6.45) is 4.25. The van der Waals surface area contributed by atoms with Crippen molar-refractivity contribution >= 4 is 28.7 Å². The molecule has 1 aromatic heterocycles. The van der Waals surface area contributed by atoms with Gasteiger partial charge in [0.15, 0.2) is 0 Å². The Hall–Kier alpha value is -3.31. The molecular weight excluding hydrogens is 370 g/mol. The molecule has 5 heteroatoms. The second kappa shape index (κ2) is 6.89. The highest BCUT2D eigenvalue weighted by molar-refractivity contribution is 6.10. The summed E-state index contributed by atoms with van der Waals surface area (Å²) in [7, 11) is 0. The number of hydrogen-bond acceptors (Lipinski definition) is 5. The minimum atomic E-state index is -0.00240. The summed E-state index contributed by atoms with van der Waals surface area (Å²) < 4.78 is 0. The largest absolute Gasteiger partial charge is 0.383 e. The highest BCUT2D eigenvalue weighted by Gasteiger charge is 2.38. The van der Waals surface area contributed by atoms with Gasteiger partial charge in [0.05, 0.1) is 11.2 Å². The maximum Gasteiger partial charge on any atom is 0.134 e. The van der Waals surface area contributed by atoms with Crippen molar-refractivity contribution in [2.45, 2.75) is 19.0 Å². The number of hydrogen-bond donors (Lipinski definition) is 1. The van der Waals surface area contributed by atoms with Crippen molar-refractivity contribution in [1.29, 1.82) is 0 Å². The lowest BCUT2D eigenvalue weighted by Crippen LogP contribution is -2.37. The molecule has 3 aliphatic rings. The zero-order chi connectivity index (χ0) is 20.1. The Kier molecular flexibility index (Phi) is 4.03. The van der Waals surface area contributed by atoms with Crippen molar-refractivity contribution in [3.05, 3.63) is 71.8 Å². The van der Waals surface area contributed by atoms with E-state index in [4.69, 9.17) is 10.7 Å². The average Bonchev–Trinajstić information content (AvgIpc) is 3.53. The number of amidine groups is 1. The zero-order valence-electron chi connectivity index (χ0n) is 16.7. The molecule has 30 heavy (non-hydrogen) atoms. The molecule has 2 aliphatic heterocycles. The van der Waals surface area contributed by atoms with E-state index in [9.17, 15) is 0 Å². The van der Waals surface area contributed by atoms with E-state index in [2.05, 4.69) is 57.3 Å². The molecule has 1 unspecified atom stereocenters. The molecule has 1 atom stereocenters. The van der Waals surface area contributed by atoms with Crippen molar-refractivity contribution in [2.24, 2.45) is 21.6 Å². The van der Waals surface area contributed by atoms with Gasteiger partial charge in [0.2, 0.25) is 0 Å². The van der Waals surface area contributed by atoms with E-state index in [0.29, 0.717) is 5.84 Å². The summed E-state index contributed by atoms with van der Waals surface area (Å²) in [5, 5.41) is 1.14. The van der Waals surface area contributed by atoms with Crippen LogP contribution in [0, 0.1) is 5.92 Å². The first kappa shape index (κ1) is 17.5. The molecule has 1 fully saturated rings. The van der Waals surface area contributed by atoms with Crippen LogP contribution in [0.2, 0.25) is 0 Å². The van der Waals surface area contributed by atoms with Gasteiger partial charge < -0.3 is 5.73 Å². The van der Waals surface area contributed by atoms with Crippen LogP contribution in [0.25, 0.3) is 27.7 Å². The SMILES string of the molecule is NC1=NC=NC2C1=C(c1ccc3ccc(-c4ccccc4)nc3c1)CN2CC1CC1. The van der Waals surface area contributed by atoms with Gasteiger partial charge in [0, 0.05) is 29.6 Å². The predicted octanol–water partition coefficient (Wildman–Crippen LogP) is 4.11. The van der Waals surface area contributed by atoms with E-state index < -0.39 is 0 Å². The Morgan fingerprint density at radius 1 is 0.967 bits per heavy atom. The lowest BCUT2D eigenvalue weighted by molar-refractivity contribution is 0.265. The second-order valence-corrected chi connectivity index (χ2v) is 8.39. The molecule has 0 radical (unpaired) electrons. The van der Waals surface area contributed by atoms with Crippen LogP contribution in [-0.4, -0.2) is 41.3 Å². The molecule has 3 aromatic rings. The fourth-order valence-corrected chi connectivity index (χ4v) is 4.51. The first-order valence-electron chi connectivity index (χ1n) is 10.6. The van der Waals surface area contributed by atoms with Gasteiger partial charge >= 0.3 is 0 Å². The first-order valence-corrected chi connectivity index (χ1v) is 10.6. The van der Waals surface area contributed by atoms with Gasteiger partial charge in [-0.15, -0.1) is 0 Å². The highest BCUT2D eigenvalue weighted by Crippen LogP contribution is 2.38. The maximum absolute atomic E-state index is 6.33. The molecule has 5 nitrogen and oxygen atoms in total. The molecule has 6 rings (SSSR count). The molecule has 2 aromatic carbocycles. The molecule has 148 valence electrons. The highest BCUT2D eigenvalue weighted by atomic mass is 15.3. The van der Waals surface area contributed by atoms with Gasteiger partial charge in [0.25, 0.3) is 0 Å². The minimum Gasteiger partial charge on any atom is -0.383 e. The van der Waals surface area contributed by atoms with Crippen LogP contribution in [0.5, 0.6) is 0 Å². The third-order valence-electron chi connectivity index (χ3n) is 6.27. The molecule has 0 spiro atoms.